The Kier molecular flexibility index (Phi) is 4.06. The summed E-state index contributed by atoms with van der Waals surface area (Å²) in [6.45, 7) is 3.87. The third kappa shape index (κ3) is 2.96. The predicted octanol–water partition coefficient (Wildman–Crippen LogP) is 1.30. The number of hydrogen-bond donors (Lipinski definition) is 2. The maximum atomic E-state index is 6.34. The summed E-state index contributed by atoms with van der Waals surface area (Å²) in [4.78, 5) is 11.3. The highest BCUT2D eigenvalue weighted by Gasteiger charge is 2.29. The number of nitrogens with two attached hydrogens (primary N) is 1. The highest BCUT2D eigenvalue weighted by atomic mass is 16.5. The van der Waals surface area contributed by atoms with Crippen LogP contribution >= 0.6 is 0 Å². The number of nitrogens with one attached hydrogen (secondary N) is 1. The van der Waals surface area contributed by atoms with E-state index in [-0.39, 0.29) is 0 Å². The summed E-state index contributed by atoms with van der Waals surface area (Å²) in [7, 11) is 0. The topological polar surface area (TPSA) is 111 Å². The van der Waals surface area contributed by atoms with Gasteiger partial charge in [0.1, 0.15) is 5.52 Å². The van der Waals surface area contributed by atoms with E-state index in [1.54, 1.807) is 15.2 Å². The van der Waals surface area contributed by atoms with Crippen LogP contribution in [0, 0.1) is 0 Å². The van der Waals surface area contributed by atoms with E-state index in [4.69, 9.17) is 10.5 Å². The lowest BCUT2D eigenvalue weighted by Crippen LogP contribution is -2.53. The number of likely N-dealkylation sites (tertiary alicyclic amines) is 1. The van der Waals surface area contributed by atoms with Crippen LogP contribution in [0.15, 0.2) is 36.8 Å². The lowest BCUT2D eigenvalue weighted by Gasteiger charge is -2.41. The third-order valence-electron chi connectivity index (χ3n) is 6.07. The molecule has 0 bridgehead atoms. The van der Waals surface area contributed by atoms with Gasteiger partial charge in [0.05, 0.1) is 24.9 Å². The fraction of sp³-hybridized carbons (Fsp3) is 0.400. The van der Waals surface area contributed by atoms with Gasteiger partial charge in [-0.3, -0.25) is 4.90 Å². The lowest BCUT2D eigenvalue weighted by molar-refractivity contribution is -0.0705. The lowest BCUT2D eigenvalue weighted by atomic mass is 10.0. The highest BCUT2D eigenvalue weighted by Crippen LogP contribution is 2.28. The number of nitrogen functional groups attached to an aromatic ring is 1. The van der Waals surface area contributed by atoms with Gasteiger partial charge in [-0.2, -0.15) is 10.1 Å². The van der Waals surface area contributed by atoms with Crippen molar-refractivity contribution < 1.29 is 4.74 Å². The quantitative estimate of drug-likeness (QED) is 0.523. The number of nitrogens with zero attached hydrogens (tertiary/aromatic N) is 7. The van der Waals surface area contributed by atoms with Crippen LogP contribution in [0.5, 0.6) is 0 Å². The van der Waals surface area contributed by atoms with Crippen molar-refractivity contribution in [3.05, 3.63) is 36.8 Å². The molecule has 6 rings (SSSR count). The Hall–Kier alpha value is -3.24. The van der Waals surface area contributed by atoms with E-state index in [2.05, 4.69) is 30.4 Å². The molecular weight excluding hydrogens is 382 g/mol. The first kappa shape index (κ1) is 17.6. The average Bonchev–Trinajstić information content (AvgIpc) is 3.34. The van der Waals surface area contributed by atoms with Crippen molar-refractivity contribution in [1.29, 1.82) is 0 Å². The van der Waals surface area contributed by atoms with Gasteiger partial charge in [0, 0.05) is 43.3 Å². The van der Waals surface area contributed by atoms with Crippen molar-refractivity contribution in [2.75, 3.05) is 37.4 Å². The molecule has 30 heavy (non-hydrogen) atoms. The minimum atomic E-state index is 0.347. The molecule has 154 valence electrons. The molecule has 0 atom stereocenters. The molecule has 0 saturated carbocycles. The Bertz CT molecular complexity index is 1200. The zero-order valence-corrected chi connectivity index (χ0v) is 16.5. The summed E-state index contributed by atoms with van der Waals surface area (Å²) in [6.07, 6.45) is 7.56. The fourth-order valence-corrected chi connectivity index (χ4v) is 4.30. The fourth-order valence-electron chi connectivity index (χ4n) is 4.30. The molecule has 10 heteroatoms. The average molecular weight is 405 g/mol. The summed E-state index contributed by atoms with van der Waals surface area (Å²) in [5.74, 6) is 0.995. The number of hydrogen-bond acceptors (Lipinski definition) is 8. The number of piperidine rings is 1. The summed E-state index contributed by atoms with van der Waals surface area (Å²) in [5.41, 5.74) is 9.59. The van der Waals surface area contributed by atoms with E-state index < -0.39 is 0 Å². The van der Waals surface area contributed by atoms with E-state index in [0.29, 0.717) is 23.8 Å². The van der Waals surface area contributed by atoms with E-state index in [0.717, 1.165) is 61.6 Å². The maximum Gasteiger partial charge on any atom is 0.243 e. The van der Waals surface area contributed by atoms with Gasteiger partial charge < -0.3 is 15.8 Å². The highest BCUT2D eigenvalue weighted by molar-refractivity contribution is 5.86. The molecule has 2 saturated heterocycles. The number of fused-ring (bicyclic) bond motifs is 2. The molecule has 0 radical (unpaired) electrons. The van der Waals surface area contributed by atoms with Crippen LogP contribution in [0.1, 0.15) is 12.8 Å². The molecular formula is C20H23N9O. The van der Waals surface area contributed by atoms with Crippen LogP contribution in [0.4, 0.5) is 11.8 Å². The van der Waals surface area contributed by atoms with Crippen molar-refractivity contribution in [1.82, 2.24) is 34.1 Å². The molecule has 4 aromatic rings. The summed E-state index contributed by atoms with van der Waals surface area (Å²) < 4.78 is 8.84. The van der Waals surface area contributed by atoms with Crippen molar-refractivity contribution >= 4 is 22.9 Å². The second-order valence-electron chi connectivity index (χ2n) is 7.94. The van der Waals surface area contributed by atoms with Gasteiger partial charge in [0.15, 0.2) is 11.5 Å². The monoisotopic (exact) mass is 405 g/mol. The Morgan fingerprint density at radius 3 is 2.70 bits per heavy atom. The molecule has 6 heterocycles. The summed E-state index contributed by atoms with van der Waals surface area (Å²) in [6, 6.07) is 6.78. The zero-order chi connectivity index (χ0) is 20.1. The van der Waals surface area contributed by atoms with Crippen molar-refractivity contribution in [3.63, 3.8) is 0 Å². The van der Waals surface area contributed by atoms with E-state index in [9.17, 15) is 0 Å². The first-order valence-corrected chi connectivity index (χ1v) is 10.3. The molecule has 4 aromatic heterocycles. The van der Waals surface area contributed by atoms with Crippen LogP contribution in [0.2, 0.25) is 0 Å². The number of rotatable bonds is 4. The first-order valence-electron chi connectivity index (χ1n) is 10.3. The van der Waals surface area contributed by atoms with Crippen molar-refractivity contribution in [3.8, 4) is 11.3 Å². The van der Waals surface area contributed by atoms with Crippen LogP contribution in [-0.4, -0.2) is 72.5 Å². The molecule has 0 aliphatic carbocycles. The number of aromatic nitrogens is 6. The van der Waals surface area contributed by atoms with Crippen molar-refractivity contribution in [2.24, 2.45) is 0 Å². The molecule has 2 aliphatic heterocycles. The Morgan fingerprint density at radius 1 is 1.03 bits per heavy atom. The minimum absolute atomic E-state index is 0.347. The molecule has 10 nitrogen and oxygen atoms in total. The van der Waals surface area contributed by atoms with Gasteiger partial charge in [-0.15, -0.1) is 5.10 Å². The Labute approximate surface area is 172 Å². The van der Waals surface area contributed by atoms with Gasteiger partial charge >= 0.3 is 0 Å². The van der Waals surface area contributed by atoms with Gasteiger partial charge in [-0.1, -0.05) is 0 Å². The molecule has 0 unspecified atom stereocenters. The van der Waals surface area contributed by atoms with E-state index in [1.165, 1.54) is 0 Å². The van der Waals surface area contributed by atoms with Crippen LogP contribution in [-0.2, 0) is 4.74 Å². The predicted molar refractivity (Wildman–Crippen MR) is 112 cm³/mol. The number of anilines is 2. The molecule has 2 aliphatic rings. The van der Waals surface area contributed by atoms with Crippen LogP contribution in [0.3, 0.4) is 0 Å². The second-order valence-corrected chi connectivity index (χ2v) is 7.94. The number of imidazole rings is 1. The van der Waals surface area contributed by atoms with Gasteiger partial charge in [0.25, 0.3) is 0 Å². The Balaban J connectivity index is 1.24. The van der Waals surface area contributed by atoms with E-state index in [1.807, 2.05) is 30.6 Å². The van der Waals surface area contributed by atoms with Gasteiger partial charge in [0.2, 0.25) is 5.95 Å². The molecule has 2 fully saturated rings. The van der Waals surface area contributed by atoms with Crippen LogP contribution < -0.4 is 11.1 Å². The summed E-state index contributed by atoms with van der Waals surface area (Å²) >= 11 is 0. The SMILES string of the molecule is Nc1nc(NC2CCN(C3COC3)CC2)nn2ccc(-c3ccc4nccn4n3)c12. The zero-order valence-electron chi connectivity index (χ0n) is 16.5. The maximum absolute atomic E-state index is 6.34. The molecule has 0 amide bonds. The molecule has 0 spiro atoms. The second kappa shape index (κ2) is 6.92. The van der Waals surface area contributed by atoms with Gasteiger partial charge in [-0.05, 0) is 31.0 Å². The third-order valence-corrected chi connectivity index (χ3v) is 6.07. The number of ether oxygens (including phenoxy) is 1. The minimum Gasteiger partial charge on any atom is -0.382 e. The smallest absolute Gasteiger partial charge is 0.243 e. The molecule has 3 N–H and O–H groups in total. The van der Waals surface area contributed by atoms with E-state index >= 15 is 0 Å². The standard InChI is InChI=1S/C20H23N9O/c21-19-18-15(16-1-2-17-22-6-10-28(17)25-16)5-9-29(18)26-20(24-19)23-13-3-7-27(8-4-13)14-11-30-12-14/h1-2,5-6,9-10,13-14H,3-4,7-8,11-12H2,(H3,21,23,24,26). The van der Waals surface area contributed by atoms with Crippen LogP contribution in [0.25, 0.3) is 22.4 Å². The van der Waals surface area contributed by atoms with Gasteiger partial charge in [-0.25, -0.2) is 14.0 Å². The Morgan fingerprint density at radius 2 is 1.90 bits per heavy atom. The van der Waals surface area contributed by atoms with Crippen molar-refractivity contribution in [2.45, 2.75) is 24.9 Å². The first-order chi connectivity index (χ1) is 14.7. The summed E-state index contributed by atoms with van der Waals surface area (Å²) in [5, 5.41) is 12.7. The normalized spacial score (nSPS) is 18.8. The largest absolute Gasteiger partial charge is 0.382 e. The molecule has 0 aromatic carbocycles.